The Labute approximate surface area is 165 Å². The molecule has 0 spiro atoms. The van der Waals surface area contributed by atoms with E-state index in [4.69, 9.17) is 9.47 Å². The summed E-state index contributed by atoms with van der Waals surface area (Å²) < 4.78 is 11.4. The van der Waals surface area contributed by atoms with Crippen LogP contribution < -0.4 is 9.47 Å². The van der Waals surface area contributed by atoms with Gasteiger partial charge in [-0.3, -0.25) is 0 Å². The fourth-order valence-electron chi connectivity index (χ4n) is 4.15. The summed E-state index contributed by atoms with van der Waals surface area (Å²) in [6, 6.07) is 16.2. The SMILES string of the molecule is COc1ccccc1C1CCN(C[C@H](O)COc2cccc3[nH]ccc23)CC1. The Morgan fingerprint density at radius 1 is 1.07 bits per heavy atom. The summed E-state index contributed by atoms with van der Waals surface area (Å²) in [6.45, 7) is 2.90. The van der Waals surface area contributed by atoms with Gasteiger partial charge in [0.2, 0.25) is 0 Å². The average molecular weight is 380 g/mol. The van der Waals surface area contributed by atoms with E-state index in [9.17, 15) is 5.11 Å². The molecule has 0 unspecified atom stereocenters. The number of hydrogen-bond acceptors (Lipinski definition) is 4. The predicted molar refractivity (Wildman–Crippen MR) is 111 cm³/mol. The van der Waals surface area contributed by atoms with Crippen LogP contribution in [0.15, 0.2) is 54.7 Å². The Bertz CT molecular complexity index is 900. The third kappa shape index (κ3) is 4.16. The van der Waals surface area contributed by atoms with Gasteiger partial charge >= 0.3 is 0 Å². The zero-order chi connectivity index (χ0) is 19.3. The molecule has 1 aliphatic rings. The summed E-state index contributed by atoms with van der Waals surface area (Å²) in [5.74, 6) is 2.31. The van der Waals surface area contributed by atoms with Crippen molar-refractivity contribution in [3.8, 4) is 11.5 Å². The number of benzene rings is 2. The van der Waals surface area contributed by atoms with Crippen molar-refractivity contribution in [1.29, 1.82) is 0 Å². The highest BCUT2D eigenvalue weighted by molar-refractivity contribution is 5.85. The number of rotatable bonds is 7. The number of hydrogen-bond donors (Lipinski definition) is 2. The number of nitrogens with zero attached hydrogens (tertiary/aromatic N) is 1. The maximum atomic E-state index is 10.5. The first-order chi connectivity index (χ1) is 13.7. The summed E-state index contributed by atoms with van der Waals surface area (Å²) in [7, 11) is 1.73. The molecule has 2 heterocycles. The smallest absolute Gasteiger partial charge is 0.128 e. The minimum atomic E-state index is -0.503. The quantitative estimate of drug-likeness (QED) is 0.655. The van der Waals surface area contributed by atoms with Crippen molar-refractivity contribution in [2.24, 2.45) is 0 Å². The Balaban J connectivity index is 1.27. The van der Waals surface area contributed by atoms with Gasteiger partial charge < -0.3 is 24.5 Å². The molecular formula is C23H28N2O3. The van der Waals surface area contributed by atoms with Gasteiger partial charge in [-0.05, 0) is 61.7 Å². The van der Waals surface area contributed by atoms with Crippen LogP contribution in [0.25, 0.3) is 10.9 Å². The number of aromatic amines is 1. The van der Waals surface area contributed by atoms with Crippen LogP contribution in [0.4, 0.5) is 0 Å². The summed E-state index contributed by atoms with van der Waals surface area (Å²) >= 11 is 0. The van der Waals surface area contributed by atoms with Crippen molar-refractivity contribution in [1.82, 2.24) is 9.88 Å². The third-order valence-electron chi connectivity index (χ3n) is 5.62. The van der Waals surface area contributed by atoms with Gasteiger partial charge in [-0.15, -0.1) is 0 Å². The van der Waals surface area contributed by atoms with Gasteiger partial charge in [0.15, 0.2) is 0 Å². The lowest BCUT2D eigenvalue weighted by Gasteiger charge is -2.33. The van der Waals surface area contributed by atoms with Crippen molar-refractivity contribution < 1.29 is 14.6 Å². The second kappa shape index (κ2) is 8.67. The molecule has 3 aromatic rings. The zero-order valence-electron chi connectivity index (χ0n) is 16.3. The third-order valence-corrected chi connectivity index (χ3v) is 5.62. The molecule has 5 nitrogen and oxygen atoms in total. The number of fused-ring (bicyclic) bond motifs is 1. The number of piperidine rings is 1. The Morgan fingerprint density at radius 3 is 2.68 bits per heavy atom. The lowest BCUT2D eigenvalue weighted by atomic mass is 9.88. The van der Waals surface area contributed by atoms with Gasteiger partial charge in [0, 0.05) is 23.6 Å². The Hall–Kier alpha value is -2.50. The predicted octanol–water partition coefficient (Wildman–Crippen LogP) is 3.80. The van der Waals surface area contributed by atoms with E-state index in [2.05, 4.69) is 22.0 Å². The molecule has 4 rings (SSSR count). The number of aromatic nitrogens is 1. The van der Waals surface area contributed by atoms with E-state index < -0.39 is 6.10 Å². The monoisotopic (exact) mass is 380 g/mol. The summed E-state index contributed by atoms with van der Waals surface area (Å²) in [5, 5.41) is 11.5. The normalized spacial score (nSPS) is 16.9. The average Bonchev–Trinajstić information content (AvgIpc) is 3.22. The van der Waals surface area contributed by atoms with E-state index in [1.165, 1.54) is 5.56 Å². The van der Waals surface area contributed by atoms with Crippen LogP contribution in [0.3, 0.4) is 0 Å². The lowest BCUT2D eigenvalue weighted by Crippen LogP contribution is -2.40. The standard InChI is InChI=1S/C23H28N2O3/c1-27-22-7-3-2-5-19(22)17-10-13-25(14-11-17)15-18(26)16-28-23-8-4-6-21-20(23)9-12-24-21/h2-9,12,17-18,24,26H,10-11,13-16H2,1H3/t18-/m0/s1. The van der Waals surface area contributed by atoms with Crippen LogP contribution in [0.2, 0.25) is 0 Å². The number of aliphatic hydroxyl groups excluding tert-OH is 1. The number of β-amino-alcohol motifs (C(OH)–C–C–N with tert-alkyl or cyclic N) is 1. The molecule has 1 fully saturated rings. The van der Waals surface area contributed by atoms with Crippen LogP contribution in [0, 0.1) is 0 Å². The van der Waals surface area contributed by atoms with Crippen LogP contribution >= 0.6 is 0 Å². The van der Waals surface area contributed by atoms with Gasteiger partial charge in [-0.25, -0.2) is 0 Å². The largest absolute Gasteiger partial charge is 0.496 e. The highest BCUT2D eigenvalue weighted by Gasteiger charge is 2.24. The van der Waals surface area contributed by atoms with Crippen molar-refractivity contribution in [2.75, 3.05) is 33.4 Å². The molecule has 0 radical (unpaired) electrons. The first-order valence-electron chi connectivity index (χ1n) is 9.97. The highest BCUT2D eigenvalue weighted by Crippen LogP contribution is 2.34. The summed E-state index contributed by atoms with van der Waals surface area (Å²) in [4.78, 5) is 5.51. The zero-order valence-corrected chi connectivity index (χ0v) is 16.3. The molecular weight excluding hydrogens is 352 g/mol. The van der Waals surface area contributed by atoms with Gasteiger partial charge in [0.1, 0.15) is 24.2 Å². The fourth-order valence-corrected chi connectivity index (χ4v) is 4.15. The molecule has 148 valence electrons. The molecule has 1 atom stereocenters. The molecule has 0 bridgehead atoms. The number of methoxy groups -OCH3 is 1. The van der Waals surface area contributed by atoms with E-state index >= 15 is 0 Å². The highest BCUT2D eigenvalue weighted by atomic mass is 16.5. The molecule has 0 amide bonds. The van der Waals surface area contributed by atoms with Crippen molar-refractivity contribution in [2.45, 2.75) is 24.9 Å². The van der Waals surface area contributed by atoms with Gasteiger partial charge in [0.25, 0.3) is 0 Å². The Kier molecular flexibility index (Phi) is 5.84. The maximum Gasteiger partial charge on any atom is 0.128 e. The van der Waals surface area contributed by atoms with Crippen LogP contribution in [-0.4, -0.2) is 54.4 Å². The maximum absolute atomic E-state index is 10.5. The number of aliphatic hydroxyl groups is 1. The molecule has 0 aliphatic carbocycles. The van der Waals surface area contributed by atoms with Crippen LogP contribution in [-0.2, 0) is 0 Å². The summed E-state index contributed by atoms with van der Waals surface area (Å²) in [5.41, 5.74) is 2.35. The number of ether oxygens (including phenoxy) is 2. The van der Waals surface area contributed by atoms with Crippen molar-refractivity contribution in [3.63, 3.8) is 0 Å². The van der Waals surface area contributed by atoms with E-state index in [-0.39, 0.29) is 0 Å². The molecule has 1 aromatic heterocycles. The van der Waals surface area contributed by atoms with Crippen molar-refractivity contribution in [3.05, 3.63) is 60.3 Å². The number of H-pyrrole nitrogens is 1. The molecule has 1 saturated heterocycles. The van der Waals surface area contributed by atoms with E-state index in [0.717, 1.165) is 48.3 Å². The number of para-hydroxylation sites is 1. The topological polar surface area (TPSA) is 57.7 Å². The van der Waals surface area contributed by atoms with E-state index in [1.54, 1.807) is 7.11 Å². The van der Waals surface area contributed by atoms with Gasteiger partial charge in [-0.2, -0.15) is 0 Å². The second-order valence-corrected chi connectivity index (χ2v) is 7.48. The molecule has 5 heteroatoms. The van der Waals surface area contributed by atoms with Crippen LogP contribution in [0.5, 0.6) is 11.5 Å². The van der Waals surface area contributed by atoms with Gasteiger partial charge in [-0.1, -0.05) is 24.3 Å². The lowest BCUT2D eigenvalue weighted by molar-refractivity contribution is 0.0598. The van der Waals surface area contributed by atoms with Crippen LogP contribution in [0.1, 0.15) is 24.3 Å². The molecule has 2 aromatic carbocycles. The molecule has 2 N–H and O–H groups in total. The van der Waals surface area contributed by atoms with E-state index in [1.807, 2.05) is 42.6 Å². The molecule has 0 saturated carbocycles. The minimum Gasteiger partial charge on any atom is -0.496 e. The first kappa shape index (κ1) is 18.8. The second-order valence-electron chi connectivity index (χ2n) is 7.48. The fraction of sp³-hybridized carbons (Fsp3) is 0.391. The van der Waals surface area contributed by atoms with Crippen molar-refractivity contribution >= 4 is 10.9 Å². The molecule has 28 heavy (non-hydrogen) atoms. The number of nitrogens with one attached hydrogen (secondary N) is 1. The summed E-state index contributed by atoms with van der Waals surface area (Å²) in [6.07, 6.45) is 3.56. The Morgan fingerprint density at radius 2 is 1.86 bits per heavy atom. The number of likely N-dealkylation sites (tertiary alicyclic amines) is 1. The molecule has 1 aliphatic heterocycles. The van der Waals surface area contributed by atoms with Gasteiger partial charge in [0.05, 0.1) is 7.11 Å². The van der Waals surface area contributed by atoms with E-state index in [0.29, 0.717) is 19.1 Å². The first-order valence-corrected chi connectivity index (χ1v) is 9.97. The minimum absolute atomic E-state index is 0.302.